The molecule has 186 valence electrons. The van der Waals surface area contributed by atoms with Gasteiger partial charge in [-0.15, -0.1) is 0 Å². The number of alkyl carbamates (subject to hydrolysis) is 1. The predicted molar refractivity (Wildman–Crippen MR) is 133 cm³/mol. The van der Waals surface area contributed by atoms with E-state index >= 15 is 0 Å². The normalized spacial score (nSPS) is 22.7. The van der Waals surface area contributed by atoms with Crippen molar-refractivity contribution in [3.05, 3.63) is 59.7 Å². The Labute approximate surface area is 206 Å². The molecule has 0 saturated carbocycles. The minimum Gasteiger partial charge on any atom is -0.481 e. The maximum Gasteiger partial charge on any atom is 0.407 e. The van der Waals surface area contributed by atoms with E-state index in [1.165, 1.54) is 0 Å². The monoisotopic (exact) mass is 478 g/mol. The summed E-state index contributed by atoms with van der Waals surface area (Å²) < 4.78 is 5.66. The van der Waals surface area contributed by atoms with Gasteiger partial charge in [0.25, 0.3) is 0 Å². The van der Waals surface area contributed by atoms with Crippen LogP contribution in [0.3, 0.4) is 0 Å². The van der Waals surface area contributed by atoms with Crippen LogP contribution in [0.1, 0.15) is 51.2 Å². The summed E-state index contributed by atoms with van der Waals surface area (Å²) in [7, 11) is 0. The molecule has 2 aromatic carbocycles. The second-order valence-corrected chi connectivity index (χ2v) is 10.2. The molecule has 1 heterocycles. The van der Waals surface area contributed by atoms with E-state index in [0.29, 0.717) is 13.0 Å². The Morgan fingerprint density at radius 1 is 1.11 bits per heavy atom. The van der Waals surface area contributed by atoms with Crippen LogP contribution in [-0.4, -0.2) is 53.7 Å². The number of nitrogens with one attached hydrogen (secondary N) is 1. The van der Waals surface area contributed by atoms with Crippen LogP contribution in [0, 0.1) is 17.3 Å². The summed E-state index contributed by atoms with van der Waals surface area (Å²) >= 11 is 0. The van der Waals surface area contributed by atoms with Crippen molar-refractivity contribution in [1.82, 2.24) is 10.2 Å². The molecule has 2 N–H and O–H groups in total. The number of benzene rings is 2. The highest BCUT2D eigenvalue weighted by Crippen LogP contribution is 2.44. The van der Waals surface area contributed by atoms with Crippen LogP contribution < -0.4 is 5.32 Å². The molecule has 1 aliphatic carbocycles. The van der Waals surface area contributed by atoms with Crippen LogP contribution in [0.5, 0.6) is 0 Å². The molecule has 1 fully saturated rings. The number of hydrogen-bond donors (Lipinski definition) is 2. The van der Waals surface area contributed by atoms with Gasteiger partial charge < -0.3 is 20.1 Å². The summed E-state index contributed by atoms with van der Waals surface area (Å²) in [5.74, 6) is -1.55. The zero-order chi connectivity index (χ0) is 25.3. The molecule has 0 spiro atoms. The topological polar surface area (TPSA) is 95.9 Å². The lowest BCUT2D eigenvalue weighted by molar-refractivity contribution is -0.149. The molecule has 0 aromatic heterocycles. The average Bonchev–Trinajstić information content (AvgIpc) is 3.35. The van der Waals surface area contributed by atoms with Crippen LogP contribution in [0.4, 0.5) is 4.79 Å². The number of likely N-dealkylation sites (tertiary alicyclic amines) is 1. The highest BCUT2D eigenvalue weighted by Gasteiger charge is 2.49. The van der Waals surface area contributed by atoms with Gasteiger partial charge in [-0.3, -0.25) is 9.59 Å². The smallest absolute Gasteiger partial charge is 0.407 e. The van der Waals surface area contributed by atoms with Gasteiger partial charge in [-0.05, 0) is 41.0 Å². The van der Waals surface area contributed by atoms with Crippen LogP contribution in [0.15, 0.2) is 48.5 Å². The lowest BCUT2D eigenvalue weighted by Crippen LogP contribution is -2.52. The van der Waals surface area contributed by atoms with Gasteiger partial charge >= 0.3 is 12.1 Å². The number of aliphatic carboxylic acids is 1. The molecule has 1 aliphatic heterocycles. The minimum absolute atomic E-state index is 0.0680. The highest BCUT2D eigenvalue weighted by atomic mass is 16.5. The zero-order valence-corrected chi connectivity index (χ0v) is 20.8. The fourth-order valence-electron chi connectivity index (χ4n) is 5.24. The molecule has 2 amide bonds. The number of carboxylic acid groups (broad SMARTS) is 1. The number of nitrogens with zero attached hydrogens (tertiary/aromatic N) is 1. The van der Waals surface area contributed by atoms with Crippen LogP contribution >= 0.6 is 0 Å². The van der Waals surface area contributed by atoms with Gasteiger partial charge in [-0.1, -0.05) is 75.7 Å². The minimum atomic E-state index is -1.00. The van der Waals surface area contributed by atoms with Crippen LogP contribution in [0.2, 0.25) is 0 Å². The zero-order valence-electron chi connectivity index (χ0n) is 20.8. The lowest BCUT2D eigenvalue weighted by atomic mass is 9.81. The number of fused-ring (bicyclic) bond motifs is 3. The predicted octanol–water partition coefficient (Wildman–Crippen LogP) is 4.51. The van der Waals surface area contributed by atoms with Crippen molar-refractivity contribution in [3.63, 3.8) is 0 Å². The first kappa shape index (κ1) is 24.8. The number of amides is 2. The quantitative estimate of drug-likeness (QED) is 0.611. The van der Waals surface area contributed by atoms with E-state index < -0.39 is 23.5 Å². The summed E-state index contributed by atoms with van der Waals surface area (Å²) in [5.41, 5.74) is 3.54. The molecule has 4 atom stereocenters. The molecule has 7 nitrogen and oxygen atoms in total. The number of carbonyl (C=O) groups excluding carboxylic acids is 2. The summed E-state index contributed by atoms with van der Waals surface area (Å²) in [6.45, 7) is 8.02. The number of rotatable bonds is 7. The summed E-state index contributed by atoms with van der Waals surface area (Å²) in [6.07, 6.45) is 0.0402. The standard InChI is InChI=1S/C28H34N2O5/c1-5-17(2)24(25(31)30-14-18(3)28(4,16-30)26(32)33)29-27(34)35-15-23-21-12-8-6-10-19(21)20-11-7-9-13-22(20)23/h6-13,17-18,23-24H,5,14-16H2,1-4H3,(H,29,34)(H,32,33)/t17?,18-,24+,28-/m1/s1. The van der Waals surface area contributed by atoms with Crippen molar-refractivity contribution >= 4 is 18.0 Å². The third kappa shape index (κ3) is 4.51. The first-order valence-corrected chi connectivity index (χ1v) is 12.3. The van der Waals surface area contributed by atoms with Gasteiger partial charge in [0.2, 0.25) is 5.91 Å². The second-order valence-electron chi connectivity index (χ2n) is 10.2. The van der Waals surface area contributed by atoms with Crippen LogP contribution in [-0.2, 0) is 14.3 Å². The maximum atomic E-state index is 13.4. The SMILES string of the molecule is CCC(C)[C@H](NC(=O)OCC1c2ccccc2-c2ccccc21)C(=O)N1C[C@@H](C)[C@](C)(C(=O)O)C1. The first-order valence-electron chi connectivity index (χ1n) is 12.3. The van der Waals surface area contributed by atoms with Gasteiger partial charge in [0.1, 0.15) is 12.6 Å². The first-order chi connectivity index (χ1) is 16.7. The molecular weight excluding hydrogens is 444 g/mol. The molecule has 4 rings (SSSR count). The van der Waals surface area contributed by atoms with Gasteiger partial charge in [0.05, 0.1) is 5.41 Å². The fourth-order valence-corrected chi connectivity index (χ4v) is 5.24. The number of ether oxygens (including phenoxy) is 1. The molecule has 7 heteroatoms. The molecular formula is C28H34N2O5. The van der Waals surface area contributed by atoms with E-state index in [4.69, 9.17) is 4.74 Å². The van der Waals surface area contributed by atoms with Gasteiger partial charge in [0.15, 0.2) is 0 Å². The van der Waals surface area contributed by atoms with Gasteiger partial charge in [-0.25, -0.2) is 4.79 Å². The fraction of sp³-hybridized carbons (Fsp3) is 0.464. The van der Waals surface area contributed by atoms with Crippen molar-refractivity contribution in [3.8, 4) is 11.1 Å². The van der Waals surface area contributed by atoms with Crippen molar-refractivity contribution in [1.29, 1.82) is 0 Å². The van der Waals surface area contributed by atoms with Crippen molar-refractivity contribution in [2.45, 2.75) is 46.1 Å². The third-order valence-corrected chi connectivity index (χ3v) is 8.00. The summed E-state index contributed by atoms with van der Waals surface area (Å²) in [6, 6.07) is 15.5. The van der Waals surface area contributed by atoms with Gasteiger partial charge in [0, 0.05) is 19.0 Å². The van der Waals surface area contributed by atoms with Crippen molar-refractivity contribution in [2.24, 2.45) is 17.3 Å². The largest absolute Gasteiger partial charge is 0.481 e. The van der Waals surface area contributed by atoms with Crippen molar-refractivity contribution in [2.75, 3.05) is 19.7 Å². The average molecular weight is 479 g/mol. The third-order valence-electron chi connectivity index (χ3n) is 8.00. The van der Waals surface area contributed by atoms with Crippen LogP contribution in [0.25, 0.3) is 11.1 Å². The lowest BCUT2D eigenvalue weighted by Gasteiger charge is -2.29. The second kappa shape index (κ2) is 9.72. The van der Waals surface area contributed by atoms with E-state index in [0.717, 1.165) is 22.3 Å². The molecule has 2 aliphatic rings. The molecule has 0 bridgehead atoms. The Kier molecular flexibility index (Phi) is 6.88. The summed E-state index contributed by atoms with van der Waals surface area (Å²) in [5, 5.41) is 12.5. The van der Waals surface area contributed by atoms with E-state index in [1.54, 1.807) is 11.8 Å². The summed E-state index contributed by atoms with van der Waals surface area (Å²) in [4.78, 5) is 39.6. The molecule has 35 heavy (non-hydrogen) atoms. The molecule has 0 radical (unpaired) electrons. The van der Waals surface area contributed by atoms with E-state index in [2.05, 4.69) is 29.6 Å². The Bertz CT molecular complexity index is 1090. The Balaban J connectivity index is 1.45. The molecule has 2 aromatic rings. The Hall–Kier alpha value is -3.35. The molecule has 1 saturated heterocycles. The van der Waals surface area contributed by atoms with E-state index in [1.807, 2.05) is 45.0 Å². The highest BCUT2D eigenvalue weighted by molar-refractivity contribution is 5.87. The number of carbonyl (C=O) groups is 3. The van der Waals surface area contributed by atoms with E-state index in [-0.39, 0.29) is 36.8 Å². The Morgan fingerprint density at radius 3 is 2.20 bits per heavy atom. The van der Waals surface area contributed by atoms with E-state index in [9.17, 15) is 19.5 Å². The Morgan fingerprint density at radius 2 is 1.69 bits per heavy atom. The number of carboxylic acids is 1. The van der Waals surface area contributed by atoms with Gasteiger partial charge in [-0.2, -0.15) is 0 Å². The maximum absolute atomic E-state index is 13.4. The number of hydrogen-bond acceptors (Lipinski definition) is 4. The molecule has 1 unspecified atom stereocenters. The van der Waals surface area contributed by atoms with Crippen molar-refractivity contribution < 1.29 is 24.2 Å².